The van der Waals surface area contributed by atoms with Crippen molar-refractivity contribution in [3.05, 3.63) is 69.7 Å². The largest absolute Gasteiger partial charge is 0.368 e. The summed E-state index contributed by atoms with van der Waals surface area (Å²) in [6.07, 6.45) is 0.176. The Labute approximate surface area is 156 Å². The molecule has 0 aliphatic rings. The van der Waals surface area contributed by atoms with Gasteiger partial charge < -0.3 is 15.8 Å². The van der Waals surface area contributed by atoms with Crippen LogP contribution in [0.25, 0.3) is 0 Å². The number of rotatable bonds is 8. The molecule has 0 spiro atoms. The SMILES string of the molecule is NC(=O)[C@@H](Cc1ccc(Cl)cc1Cl)NC(=O)COCc1ccccc1. The number of benzene rings is 2. The van der Waals surface area contributed by atoms with Gasteiger partial charge in [-0.25, -0.2) is 0 Å². The lowest BCUT2D eigenvalue weighted by molar-refractivity contribution is -0.130. The highest BCUT2D eigenvalue weighted by atomic mass is 35.5. The van der Waals surface area contributed by atoms with E-state index in [0.717, 1.165) is 5.56 Å². The van der Waals surface area contributed by atoms with Crippen molar-refractivity contribution in [1.82, 2.24) is 5.32 Å². The highest BCUT2D eigenvalue weighted by molar-refractivity contribution is 6.35. The monoisotopic (exact) mass is 380 g/mol. The van der Waals surface area contributed by atoms with Crippen molar-refractivity contribution in [3.8, 4) is 0 Å². The fourth-order valence-corrected chi connectivity index (χ4v) is 2.69. The smallest absolute Gasteiger partial charge is 0.246 e. The molecule has 0 saturated heterocycles. The van der Waals surface area contributed by atoms with Crippen LogP contribution in [0, 0.1) is 0 Å². The first-order valence-electron chi connectivity index (χ1n) is 7.60. The van der Waals surface area contributed by atoms with Crippen molar-refractivity contribution in [1.29, 1.82) is 0 Å². The summed E-state index contributed by atoms with van der Waals surface area (Å²) in [4.78, 5) is 23.6. The first-order valence-corrected chi connectivity index (χ1v) is 8.35. The average molecular weight is 381 g/mol. The quantitative estimate of drug-likeness (QED) is 0.738. The fraction of sp³-hybridized carbons (Fsp3) is 0.222. The van der Waals surface area contributed by atoms with Crippen molar-refractivity contribution >= 4 is 35.0 Å². The highest BCUT2D eigenvalue weighted by Gasteiger charge is 2.20. The summed E-state index contributed by atoms with van der Waals surface area (Å²) >= 11 is 11.9. The number of nitrogens with one attached hydrogen (secondary N) is 1. The second-order valence-electron chi connectivity index (χ2n) is 5.44. The second kappa shape index (κ2) is 9.42. The van der Waals surface area contributed by atoms with E-state index in [1.807, 2.05) is 30.3 Å². The maximum atomic E-state index is 12.0. The van der Waals surface area contributed by atoms with E-state index >= 15 is 0 Å². The predicted molar refractivity (Wildman–Crippen MR) is 97.4 cm³/mol. The minimum atomic E-state index is -0.883. The van der Waals surface area contributed by atoms with Gasteiger partial charge in [0.25, 0.3) is 0 Å². The molecule has 0 aromatic heterocycles. The van der Waals surface area contributed by atoms with Gasteiger partial charge in [-0.1, -0.05) is 59.6 Å². The third-order valence-corrected chi connectivity index (χ3v) is 4.05. The molecule has 0 saturated carbocycles. The summed E-state index contributed by atoms with van der Waals surface area (Å²) in [6.45, 7) is 0.130. The zero-order chi connectivity index (χ0) is 18.2. The van der Waals surface area contributed by atoms with Gasteiger partial charge in [0.05, 0.1) is 6.61 Å². The number of amides is 2. The Hall–Kier alpha value is -2.08. The summed E-state index contributed by atoms with van der Waals surface area (Å²) in [5.74, 6) is -1.08. The van der Waals surface area contributed by atoms with E-state index in [-0.39, 0.29) is 13.0 Å². The Kier molecular flexibility index (Phi) is 7.25. The molecule has 2 aromatic rings. The van der Waals surface area contributed by atoms with Gasteiger partial charge in [0.1, 0.15) is 12.6 Å². The molecule has 0 fully saturated rings. The summed E-state index contributed by atoms with van der Waals surface area (Å²) in [5, 5.41) is 3.46. The van der Waals surface area contributed by atoms with Crippen molar-refractivity contribution < 1.29 is 14.3 Å². The maximum absolute atomic E-state index is 12.0. The van der Waals surface area contributed by atoms with Gasteiger partial charge in [-0.3, -0.25) is 9.59 Å². The molecule has 0 radical (unpaired) electrons. The summed E-state index contributed by atoms with van der Waals surface area (Å²) in [5.41, 5.74) is 6.99. The molecule has 0 unspecified atom stereocenters. The van der Waals surface area contributed by atoms with Crippen LogP contribution in [0.1, 0.15) is 11.1 Å². The summed E-state index contributed by atoms with van der Waals surface area (Å²) in [7, 11) is 0. The zero-order valence-corrected chi connectivity index (χ0v) is 14.9. The van der Waals surface area contributed by atoms with Crippen LogP contribution in [-0.2, 0) is 27.4 Å². The molecule has 7 heteroatoms. The number of halogens is 2. The standard InChI is InChI=1S/C18H18Cl2N2O3/c19-14-7-6-13(15(20)9-14)8-16(18(21)24)22-17(23)11-25-10-12-4-2-1-3-5-12/h1-7,9,16H,8,10-11H2,(H2,21,24)(H,22,23)/t16-/m1/s1. The second-order valence-corrected chi connectivity index (χ2v) is 6.28. The molecule has 1 atom stereocenters. The molecule has 2 rings (SSSR count). The van der Waals surface area contributed by atoms with E-state index < -0.39 is 17.9 Å². The first kappa shape index (κ1) is 19.2. The molecule has 2 amide bonds. The van der Waals surface area contributed by atoms with E-state index in [2.05, 4.69) is 5.32 Å². The van der Waals surface area contributed by atoms with Crippen molar-refractivity contribution in [3.63, 3.8) is 0 Å². The Morgan fingerprint density at radius 2 is 1.84 bits per heavy atom. The molecule has 0 aliphatic carbocycles. The van der Waals surface area contributed by atoms with E-state index in [4.69, 9.17) is 33.7 Å². The van der Waals surface area contributed by atoms with E-state index in [0.29, 0.717) is 22.2 Å². The fourth-order valence-electron chi connectivity index (χ4n) is 2.20. The number of primary amides is 1. The van der Waals surface area contributed by atoms with Crippen molar-refractivity contribution in [2.75, 3.05) is 6.61 Å². The number of hydrogen-bond donors (Lipinski definition) is 2. The minimum Gasteiger partial charge on any atom is -0.368 e. The van der Waals surface area contributed by atoms with Gasteiger partial charge in [-0.05, 0) is 23.3 Å². The number of carbonyl (C=O) groups excluding carboxylic acids is 2. The zero-order valence-electron chi connectivity index (χ0n) is 13.4. The number of nitrogens with two attached hydrogens (primary N) is 1. The molecular weight excluding hydrogens is 363 g/mol. The van der Waals surface area contributed by atoms with E-state index in [1.54, 1.807) is 18.2 Å². The first-order chi connectivity index (χ1) is 12.0. The van der Waals surface area contributed by atoms with Gasteiger partial charge in [-0.2, -0.15) is 0 Å². The van der Waals surface area contributed by atoms with Crippen molar-refractivity contribution in [2.24, 2.45) is 5.73 Å². The Bertz CT molecular complexity index is 738. The van der Waals surface area contributed by atoms with Crippen LogP contribution in [0.5, 0.6) is 0 Å². The van der Waals surface area contributed by atoms with E-state index in [9.17, 15) is 9.59 Å². The lowest BCUT2D eigenvalue weighted by atomic mass is 10.1. The van der Waals surface area contributed by atoms with Gasteiger partial charge in [0, 0.05) is 16.5 Å². The Morgan fingerprint density at radius 3 is 2.48 bits per heavy atom. The van der Waals surface area contributed by atoms with Crippen LogP contribution in [0.4, 0.5) is 0 Å². The number of hydrogen-bond acceptors (Lipinski definition) is 3. The molecular formula is C18H18Cl2N2O3. The lowest BCUT2D eigenvalue weighted by Crippen LogP contribution is -2.47. The van der Waals surface area contributed by atoms with Crippen LogP contribution in [-0.4, -0.2) is 24.5 Å². The van der Waals surface area contributed by atoms with E-state index in [1.165, 1.54) is 0 Å². The predicted octanol–water partition coefficient (Wildman–Crippen LogP) is 2.72. The molecule has 0 heterocycles. The van der Waals surface area contributed by atoms with Crippen molar-refractivity contribution in [2.45, 2.75) is 19.1 Å². The molecule has 5 nitrogen and oxygen atoms in total. The Balaban J connectivity index is 1.87. The van der Waals surface area contributed by atoms with Crippen LogP contribution < -0.4 is 11.1 Å². The van der Waals surface area contributed by atoms with Gasteiger partial charge in [0.2, 0.25) is 11.8 Å². The van der Waals surface area contributed by atoms with Crippen LogP contribution >= 0.6 is 23.2 Å². The number of ether oxygens (including phenoxy) is 1. The maximum Gasteiger partial charge on any atom is 0.246 e. The third-order valence-electron chi connectivity index (χ3n) is 3.46. The van der Waals surface area contributed by atoms with Gasteiger partial charge >= 0.3 is 0 Å². The van der Waals surface area contributed by atoms with Crippen LogP contribution in [0.3, 0.4) is 0 Å². The molecule has 0 bridgehead atoms. The van der Waals surface area contributed by atoms with Crippen LogP contribution in [0.15, 0.2) is 48.5 Å². The molecule has 25 heavy (non-hydrogen) atoms. The molecule has 132 valence electrons. The highest BCUT2D eigenvalue weighted by Crippen LogP contribution is 2.22. The summed E-state index contributed by atoms with van der Waals surface area (Å²) < 4.78 is 5.34. The van der Waals surface area contributed by atoms with Crippen LogP contribution in [0.2, 0.25) is 10.0 Å². The Morgan fingerprint density at radius 1 is 1.12 bits per heavy atom. The summed E-state index contributed by atoms with van der Waals surface area (Å²) in [6, 6.07) is 13.5. The lowest BCUT2D eigenvalue weighted by Gasteiger charge is -2.16. The average Bonchev–Trinajstić information content (AvgIpc) is 2.57. The molecule has 3 N–H and O–H groups in total. The van der Waals surface area contributed by atoms with Gasteiger partial charge in [-0.15, -0.1) is 0 Å². The number of carbonyl (C=O) groups is 2. The topological polar surface area (TPSA) is 81.4 Å². The van der Waals surface area contributed by atoms with Gasteiger partial charge in [0.15, 0.2) is 0 Å². The minimum absolute atomic E-state index is 0.174. The normalized spacial score (nSPS) is 11.8. The third kappa shape index (κ3) is 6.38. The molecule has 0 aliphatic heterocycles. The molecule has 2 aromatic carbocycles.